The molecule has 0 spiro atoms. The standard InChI is InChI=1S/C29H32N4O3/c34-27-24(28(35)31-23-11-12-23)18-33(17-20-7-3-1-4-8-20)19-25(27)29(36)32-26(21-9-5-2-6-10-21)22-13-15-30-16-14-22/h2,5-6,9-10,13-16,18-20,23,26H,1,3-4,7-8,11-12,17H2,(H,31,35)(H,32,36)/t26-/m1/s1. The molecule has 0 saturated heterocycles. The molecule has 2 heterocycles. The zero-order chi connectivity index (χ0) is 24.9. The molecule has 2 aliphatic rings. The minimum Gasteiger partial charge on any atom is -0.352 e. The Hall–Kier alpha value is -3.74. The Morgan fingerprint density at radius 1 is 0.861 bits per heavy atom. The molecule has 7 heteroatoms. The summed E-state index contributed by atoms with van der Waals surface area (Å²) in [6.45, 7) is 0.691. The molecule has 36 heavy (non-hydrogen) atoms. The molecule has 2 aliphatic carbocycles. The fourth-order valence-corrected chi connectivity index (χ4v) is 4.99. The lowest BCUT2D eigenvalue weighted by atomic mass is 9.89. The zero-order valence-electron chi connectivity index (χ0n) is 20.4. The van der Waals surface area contributed by atoms with Crippen molar-refractivity contribution < 1.29 is 9.59 Å². The van der Waals surface area contributed by atoms with Crippen molar-refractivity contribution in [1.82, 2.24) is 20.2 Å². The van der Waals surface area contributed by atoms with Gasteiger partial charge in [0, 0.05) is 37.4 Å². The first-order chi connectivity index (χ1) is 17.6. The summed E-state index contributed by atoms with van der Waals surface area (Å²) in [7, 11) is 0. The van der Waals surface area contributed by atoms with Gasteiger partial charge in [-0.2, -0.15) is 0 Å². The normalized spacial score (nSPS) is 16.8. The van der Waals surface area contributed by atoms with Gasteiger partial charge < -0.3 is 15.2 Å². The van der Waals surface area contributed by atoms with Crippen molar-refractivity contribution in [3.05, 3.63) is 99.7 Å². The Morgan fingerprint density at radius 3 is 2.17 bits per heavy atom. The quantitative estimate of drug-likeness (QED) is 0.500. The highest BCUT2D eigenvalue weighted by molar-refractivity contribution is 5.99. The Morgan fingerprint density at radius 2 is 1.50 bits per heavy atom. The number of carbonyl (C=O) groups is 2. The molecule has 5 rings (SSSR count). The third kappa shape index (κ3) is 5.73. The monoisotopic (exact) mass is 484 g/mol. The van der Waals surface area contributed by atoms with Crippen molar-refractivity contribution >= 4 is 11.8 Å². The van der Waals surface area contributed by atoms with Crippen LogP contribution >= 0.6 is 0 Å². The molecular formula is C29H32N4O3. The van der Waals surface area contributed by atoms with Gasteiger partial charge in [0.25, 0.3) is 11.8 Å². The number of rotatable bonds is 8. The summed E-state index contributed by atoms with van der Waals surface area (Å²) >= 11 is 0. The van der Waals surface area contributed by atoms with E-state index in [0.717, 1.165) is 36.8 Å². The SMILES string of the molecule is O=C(NC1CC1)c1cn(CC2CCCCC2)cc(C(=O)N[C@H](c2ccccc2)c2ccncc2)c1=O. The van der Waals surface area contributed by atoms with E-state index in [1.807, 2.05) is 47.0 Å². The van der Waals surface area contributed by atoms with E-state index in [1.54, 1.807) is 24.8 Å². The van der Waals surface area contributed by atoms with Crippen molar-refractivity contribution in [2.45, 2.75) is 63.6 Å². The maximum Gasteiger partial charge on any atom is 0.257 e. The molecule has 0 bridgehead atoms. The number of amides is 2. The molecule has 2 aromatic heterocycles. The molecule has 7 nitrogen and oxygen atoms in total. The van der Waals surface area contributed by atoms with Gasteiger partial charge >= 0.3 is 0 Å². The van der Waals surface area contributed by atoms with Crippen molar-refractivity contribution in [2.75, 3.05) is 0 Å². The number of hydrogen-bond acceptors (Lipinski definition) is 4. The number of pyridine rings is 2. The van der Waals surface area contributed by atoms with Crippen LogP contribution in [0.4, 0.5) is 0 Å². The number of hydrogen-bond donors (Lipinski definition) is 2. The second-order valence-electron chi connectivity index (χ2n) is 9.96. The fraction of sp³-hybridized carbons (Fsp3) is 0.379. The van der Waals surface area contributed by atoms with E-state index in [2.05, 4.69) is 15.6 Å². The van der Waals surface area contributed by atoms with Crippen molar-refractivity contribution in [3.8, 4) is 0 Å². The van der Waals surface area contributed by atoms with Crippen LogP contribution in [0.2, 0.25) is 0 Å². The number of nitrogens with one attached hydrogen (secondary N) is 2. The first kappa shape index (κ1) is 24.0. The predicted octanol–water partition coefficient (Wildman–Crippen LogP) is 4.24. The van der Waals surface area contributed by atoms with Crippen LogP contribution in [0, 0.1) is 5.92 Å². The third-order valence-electron chi connectivity index (χ3n) is 7.12. The van der Waals surface area contributed by atoms with Crippen molar-refractivity contribution in [1.29, 1.82) is 0 Å². The van der Waals surface area contributed by atoms with Gasteiger partial charge in [-0.05, 0) is 54.9 Å². The second-order valence-corrected chi connectivity index (χ2v) is 9.96. The van der Waals surface area contributed by atoms with Crippen LogP contribution in [0.5, 0.6) is 0 Å². The Kier molecular flexibility index (Phi) is 7.26. The number of aromatic nitrogens is 2. The summed E-state index contributed by atoms with van der Waals surface area (Å²) < 4.78 is 1.87. The molecular weight excluding hydrogens is 452 g/mol. The lowest BCUT2D eigenvalue weighted by Crippen LogP contribution is -2.37. The van der Waals surface area contributed by atoms with Crippen LogP contribution in [-0.2, 0) is 6.54 Å². The average molecular weight is 485 g/mol. The summed E-state index contributed by atoms with van der Waals surface area (Å²) in [5.74, 6) is -0.419. The molecule has 186 valence electrons. The van der Waals surface area contributed by atoms with E-state index in [1.165, 1.54) is 19.3 Å². The van der Waals surface area contributed by atoms with E-state index in [4.69, 9.17) is 0 Å². The van der Waals surface area contributed by atoms with Gasteiger partial charge in [0.1, 0.15) is 11.1 Å². The lowest BCUT2D eigenvalue weighted by molar-refractivity contribution is 0.0940. The van der Waals surface area contributed by atoms with Crippen LogP contribution in [-0.4, -0.2) is 27.4 Å². The molecule has 0 aliphatic heterocycles. The summed E-state index contributed by atoms with van der Waals surface area (Å²) in [6, 6.07) is 13.0. The van der Waals surface area contributed by atoms with Gasteiger partial charge in [0.15, 0.2) is 0 Å². The summed E-state index contributed by atoms with van der Waals surface area (Å²) in [6.07, 6.45) is 14.3. The largest absolute Gasteiger partial charge is 0.352 e. The third-order valence-corrected chi connectivity index (χ3v) is 7.12. The van der Waals surface area contributed by atoms with Crippen molar-refractivity contribution in [3.63, 3.8) is 0 Å². The molecule has 0 radical (unpaired) electrons. The summed E-state index contributed by atoms with van der Waals surface area (Å²) in [5, 5.41) is 5.95. The maximum absolute atomic E-state index is 13.6. The summed E-state index contributed by atoms with van der Waals surface area (Å²) in [4.78, 5) is 44.0. The van der Waals surface area contributed by atoms with E-state index < -0.39 is 23.3 Å². The molecule has 3 aromatic rings. The van der Waals surface area contributed by atoms with Crippen LogP contribution in [0.3, 0.4) is 0 Å². The minimum absolute atomic E-state index is 0.00996. The average Bonchev–Trinajstić information content (AvgIpc) is 3.73. The minimum atomic E-state index is -0.535. The van der Waals surface area contributed by atoms with Gasteiger partial charge in [-0.25, -0.2) is 0 Å². The number of nitrogens with zero attached hydrogens (tertiary/aromatic N) is 2. The molecule has 2 amide bonds. The molecule has 2 N–H and O–H groups in total. The predicted molar refractivity (Wildman–Crippen MR) is 138 cm³/mol. The first-order valence-electron chi connectivity index (χ1n) is 12.9. The highest BCUT2D eigenvalue weighted by atomic mass is 16.2. The maximum atomic E-state index is 13.6. The van der Waals surface area contributed by atoms with Gasteiger partial charge in [-0.1, -0.05) is 49.6 Å². The molecule has 0 unspecified atom stereocenters. The van der Waals surface area contributed by atoms with Crippen molar-refractivity contribution in [2.24, 2.45) is 5.92 Å². The topological polar surface area (TPSA) is 93.1 Å². The Labute approximate surface area is 211 Å². The molecule has 2 saturated carbocycles. The molecule has 1 atom stereocenters. The van der Waals surface area contributed by atoms with Gasteiger partial charge in [0.2, 0.25) is 5.43 Å². The van der Waals surface area contributed by atoms with E-state index in [-0.39, 0.29) is 17.2 Å². The Bertz CT molecular complexity index is 1220. The fourth-order valence-electron chi connectivity index (χ4n) is 4.99. The van der Waals surface area contributed by atoms with Crippen LogP contribution in [0.25, 0.3) is 0 Å². The van der Waals surface area contributed by atoms with Gasteiger partial charge in [0.05, 0.1) is 6.04 Å². The second kappa shape index (κ2) is 10.9. The highest BCUT2D eigenvalue weighted by Gasteiger charge is 2.28. The Balaban J connectivity index is 1.48. The molecule has 2 fully saturated rings. The van der Waals surface area contributed by atoms with E-state index in [0.29, 0.717) is 12.5 Å². The highest BCUT2D eigenvalue weighted by Crippen LogP contribution is 2.26. The van der Waals surface area contributed by atoms with Crippen LogP contribution in [0.15, 0.2) is 72.0 Å². The van der Waals surface area contributed by atoms with Gasteiger partial charge in [-0.15, -0.1) is 0 Å². The van der Waals surface area contributed by atoms with E-state index >= 15 is 0 Å². The smallest absolute Gasteiger partial charge is 0.257 e. The zero-order valence-corrected chi connectivity index (χ0v) is 20.4. The van der Waals surface area contributed by atoms with E-state index in [9.17, 15) is 14.4 Å². The molecule has 1 aromatic carbocycles. The number of benzene rings is 1. The van der Waals surface area contributed by atoms with Crippen LogP contribution in [0.1, 0.15) is 82.8 Å². The number of carbonyl (C=O) groups excluding carboxylic acids is 2. The lowest BCUT2D eigenvalue weighted by Gasteiger charge is -2.24. The van der Waals surface area contributed by atoms with Gasteiger partial charge in [-0.3, -0.25) is 19.4 Å². The summed E-state index contributed by atoms with van der Waals surface area (Å²) in [5.41, 5.74) is 1.23. The van der Waals surface area contributed by atoms with Crippen LogP contribution < -0.4 is 16.1 Å². The first-order valence-corrected chi connectivity index (χ1v) is 12.9.